The van der Waals surface area contributed by atoms with Crippen molar-refractivity contribution in [3.8, 4) is 0 Å². The Morgan fingerprint density at radius 2 is 2.26 bits per heavy atom. The highest BCUT2D eigenvalue weighted by Crippen LogP contribution is 2.28. The number of hydrogen-bond acceptors (Lipinski definition) is 3. The Kier molecular flexibility index (Phi) is 3.23. The van der Waals surface area contributed by atoms with E-state index in [0.717, 1.165) is 30.6 Å². The van der Waals surface area contributed by atoms with Gasteiger partial charge in [0, 0.05) is 30.6 Å². The largest absolute Gasteiger partial charge is 0.379 e. The summed E-state index contributed by atoms with van der Waals surface area (Å²) in [7, 11) is 0. The van der Waals surface area contributed by atoms with Crippen molar-refractivity contribution in [2.24, 2.45) is 5.73 Å². The number of carbonyl (C=O) groups excluding carboxylic acids is 1. The molecule has 0 spiro atoms. The molecule has 1 saturated heterocycles. The molecule has 0 saturated carbocycles. The lowest BCUT2D eigenvalue weighted by molar-refractivity contribution is 0.100. The maximum Gasteiger partial charge on any atom is 0.250 e. The van der Waals surface area contributed by atoms with E-state index in [4.69, 9.17) is 10.5 Å². The number of carbonyl (C=O) groups is 1. The number of primary amides is 1. The number of fused-ring (bicyclic) bond motifs is 1. The second kappa shape index (κ2) is 5.03. The zero-order valence-corrected chi connectivity index (χ0v) is 10.6. The van der Waals surface area contributed by atoms with Crippen LogP contribution in [0.15, 0.2) is 24.4 Å². The lowest BCUT2D eigenvalue weighted by Crippen LogP contribution is -2.21. The van der Waals surface area contributed by atoms with E-state index < -0.39 is 5.91 Å². The topological polar surface area (TPSA) is 80.1 Å². The Labute approximate surface area is 111 Å². The van der Waals surface area contributed by atoms with Crippen molar-refractivity contribution in [3.05, 3.63) is 35.5 Å². The number of aromatic nitrogens is 1. The Hall–Kier alpha value is -1.85. The van der Waals surface area contributed by atoms with Crippen LogP contribution in [0.3, 0.4) is 0 Å². The minimum Gasteiger partial charge on any atom is -0.379 e. The van der Waals surface area contributed by atoms with Gasteiger partial charge in [-0.05, 0) is 17.7 Å². The molecule has 0 aliphatic carbocycles. The molecule has 5 heteroatoms. The normalized spacial score (nSPS) is 20.3. The number of ether oxygens (including phenoxy) is 1. The lowest BCUT2D eigenvalue weighted by Gasteiger charge is -2.16. The molecule has 1 fully saturated rings. The van der Waals surface area contributed by atoms with Gasteiger partial charge in [0.1, 0.15) is 0 Å². The van der Waals surface area contributed by atoms with E-state index >= 15 is 0 Å². The first-order valence-corrected chi connectivity index (χ1v) is 6.45. The predicted octanol–water partition coefficient (Wildman–Crippen LogP) is 0.970. The summed E-state index contributed by atoms with van der Waals surface area (Å²) < 4.78 is 5.60. The molecular weight excluding hydrogens is 242 g/mol. The molecule has 3 rings (SSSR count). The molecule has 0 unspecified atom stereocenters. The minimum atomic E-state index is -0.408. The number of H-pyrrole nitrogens is 1. The molecule has 19 heavy (non-hydrogen) atoms. The van der Waals surface area contributed by atoms with E-state index in [1.807, 2.05) is 18.3 Å². The second-order valence-corrected chi connectivity index (χ2v) is 4.81. The molecule has 0 bridgehead atoms. The summed E-state index contributed by atoms with van der Waals surface area (Å²) in [5, 5.41) is 4.41. The molecular formula is C14H17N3O2. The Balaban J connectivity index is 2.06. The highest BCUT2D eigenvalue weighted by atomic mass is 16.5. The quantitative estimate of drug-likeness (QED) is 0.751. The van der Waals surface area contributed by atoms with Gasteiger partial charge in [0.2, 0.25) is 0 Å². The Morgan fingerprint density at radius 1 is 1.37 bits per heavy atom. The number of rotatable bonds is 2. The molecule has 1 aromatic carbocycles. The summed E-state index contributed by atoms with van der Waals surface area (Å²) >= 11 is 0. The van der Waals surface area contributed by atoms with Crippen molar-refractivity contribution < 1.29 is 9.53 Å². The smallest absolute Gasteiger partial charge is 0.250 e. The van der Waals surface area contributed by atoms with Crippen LogP contribution in [-0.4, -0.2) is 37.2 Å². The first kappa shape index (κ1) is 12.2. The fraction of sp³-hybridized carbons (Fsp3) is 0.357. The lowest BCUT2D eigenvalue weighted by atomic mass is 9.94. The van der Waals surface area contributed by atoms with Gasteiger partial charge in [0.25, 0.3) is 5.91 Å². The predicted molar refractivity (Wildman–Crippen MR) is 73.2 cm³/mol. The molecule has 2 heterocycles. The van der Waals surface area contributed by atoms with Crippen LogP contribution in [0.4, 0.5) is 0 Å². The summed E-state index contributed by atoms with van der Waals surface area (Å²) in [6.07, 6.45) is 1.84. The summed E-state index contributed by atoms with van der Waals surface area (Å²) in [5.41, 5.74) is 7.93. The Morgan fingerprint density at radius 3 is 3.11 bits per heavy atom. The first-order chi connectivity index (χ1) is 9.27. The van der Waals surface area contributed by atoms with Crippen molar-refractivity contribution in [2.45, 2.75) is 5.92 Å². The molecule has 1 aromatic heterocycles. The second-order valence-electron chi connectivity index (χ2n) is 4.81. The van der Waals surface area contributed by atoms with Crippen LogP contribution >= 0.6 is 0 Å². The van der Waals surface area contributed by atoms with Crippen LogP contribution in [0.25, 0.3) is 10.9 Å². The zero-order chi connectivity index (χ0) is 13.2. The summed E-state index contributed by atoms with van der Waals surface area (Å²) in [5.74, 6) is -0.114. The molecule has 100 valence electrons. The number of hydrogen-bond donors (Lipinski definition) is 3. The van der Waals surface area contributed by atoms with Crippen LogP contribution in [0, 0.1) is 0 Å². The Bertz CT molecular complexity index is 598. The van der Waals surface area contributed by atoms with Gasteiger partial charge < -0.3 is 20.8 Å². The van der Waals surface area contributed by atoms with Crippen LogP contribution in [0.1, 0.15) is 21.8 Å². The molecule has 2 aromatic rings. The number of amides is 1. The highest BCUT2D eigenvalue weighted by molar-refractivity contribution is 6.05. The van der Waals surface area contributed by atoms with Crippen molar-refractivity contribution in [3.63, 3.8) is 0 Å². The van der Waals surface area contributed by atoms with Crippen molar-refractivity contribution in [2.75, 3.05) is 26.3 Å². The van der Waals surface area contributed by atoms with E-state index in [9.17, 15) is 4.79 Å². The number of aromatic amines is 1. The van der Waals surface area contributed by atoms with Crippen LogP contribution < -0.4 is 11.1 Å². The van der Waals surface area contributed by atoms with Crippen LogP contribution in [-0.2, 0) is 4.74 Å². The van der Waals surface area contributed by atoms with E-state index in [1.54, 1.807) is 6.07 Å². The third-order valence-corrected chi connectivity index (χ3v) is 3.60. The monoisotopic (exact) mass is 259 g/mol. The number of nitrogens with two attached hydrogens (primary N) is 1. The van der Waals surface area contributed by atoms with E-state index in [2.05, 4.69) is 10.3 Å². The molecule has 0 radical (unpaired) electrons. The van der Waals surface area contributed by atoms with Gasteiger partial charge in [-0.2, -0.15) is 0 Å². The van der Waals surface area contributed by atoms with Gasteiger partial charge in [-0.3, -0.25) is 4.79 Å². The van der Waals surface area contributed by atoms with E-state index in [0.29, 0.717) is 18.1 Å². The summed E-state index contributed by atoms with van der Waals surface area (Å²) in [6.45, 7) is 3.21. The number of benzene rings is 1. The standard InChI is InChI=1S/C14H17N3O2/c15-14(18)12-2-1-10(11-3-4-17-13(11)12)9-7-16-5-6-19-8-9/h1-4,9,16-17H,5-8H2,(H2,15,18)/t9-/m0/s1. The van der Waals surface area contributed by atoms with Gasteiger partial charge in [-0.1, -0.05) is 6.07 Å². The SMILES string of the molecule is NC(=O)c1ccc([C@H]2CNCCOC2)c2cc[nH]c12. The molecule has 5 nitrogen and oxygen atoms in total. The minimum absolute atomic E-state index is 0.294. The van der Waals surface area contributed by atoms with E-state index in [1.165, 1.54) is 5.56 Å². The van der Waals surface area contributed by atoms with Gasteiger partial charge in [-0.15, -0.1) is 0 Å². The first-order valence-electron chi connectivity index (χ1n) is 6.45. The molecule has 1 atom stereocenters. The average molecular weight is 259 g/mol. The van der Waals surface area contributed by atoms with Gasteiger partial charge >= 0.3 is 0 Å². The average Bonchev–Trinajstić information content (AvgIpc) is 2.73. The van der Waals surface area contributed by atoms with Gasteiger partial charge in [0.15, 0.2) is 0 Å². The van der Waals surface area contributed by atoms with Crippen molar-refractivity contribution in [1.29, 1.82) is 0 Å². The maximum atomic E-state index is 11.4. The molecule has 1 amide bonds. The van der Waals surface area contributed by atoms with Crippen molar-refractivity contribution >= 4 is 16.8 Å². The summed E-state index contributed by atoms with van der Waals surface area (Å²) in [4.78, 5) is 14.5. The fourth-order valence-corrected chi connectivity index (χ4v) is 2.65. The summed E-state index contributed by atoms with van der Waals surface area (Å²) in [6, 6.07) is 5.76. The zero-order valence-electron chi connectivity index (χ0n) is 10.6. The fourth-order valence-electron chi connectivity index (χ4n) is 2.65. The van der Waals surface area contributed by atoms with Crippen molar-refractivity contribution in [1.82, 2.24) is 10.3 Å². The maximum absolute atomic E-state index is 11.4. The third-order valence-electron chi connectivity index (χ3n) is 3.60. The van der Waals surface area contributed by atoms with Gasteiger partial charge in [-0.25, -0.2) is 0 Å². The molecule has 1 aliphatic rings. The molecule has 1 aliphatic heterocycles. The third kappa shape index (κ3) is 2.22. The van der Waals surface area contributed by atoms with Crippen LogP contribution in [0.2, 0.25) is 0 Å². The highest BCUT2D eigenvalue weighted by Gasteiger charge is 2.19. The van der Waals surface area contributed by atoms with Gasteiger partial charge in [0.05, 0.1) is 24.3 Å². The van der Waals surface area contributed by atoms with E-state index in [-0.39, 0.29) is 0 Å². The van der Waals surface area contributed by atoms with Crippen LogP contribution in [0.5, 0.6) is 0 Å². The number of nitrogens with one attached hydrogen (secondary N) is 2. The molecule has 4 N–H and O–H groups in total.